The van der Waals surface area contributed by atoms with Crippen LogP contribution in [-0.2, 0) is 0 Å². The van der Waals surface area contributed by atoms with Gasteiger partial charge in [-0.15, -0.1) is 0 Å². The lowest BCUT2D eigenvalue weighted by Gasteiger charge is -2.15. The average molecular weight is 468 g/mol. The first-order valence-corrected chi connectivity index (χ1v) is 11.7. The van der Waals surface area contributed by atoms with Gasteiger partial charge in [-0.25, -0.2) is 4.98 Å². The third-order valence-electron chi connectivity index (χ3n) is 5.42. The number of carbonyl (C=O) groups excluding carboxylic acids is 2. The zero-order chi connectivity index (χ0) is 24.1. The number of carbonyl (C=O) groups is 2. The van der Waals surface area contributed by atoms with Gasteiger partial charge in [0.1, 0.15) is 5.03 Å². The lowest BCUT2D eigenvalue weighted by molar-refractivity contribution is 0.101. The molecule has 4 aromatic rings. The predicted molar refractivity (Wildman–Crippen MR) is 138 cm³/mol. The quantitative estimate of drug-likeness (QED) is 0.332. The minimum Gasteiger partial charge on any atom is -0.322 e. The van der Waals surface area contributed by atoms with E-state index in [-0.39, 0.29) is 11.8 Å². The summed E-state index contributed by atoms with van der Waals surface area (Å²) >= 11 is 1.47. The monoisotopic (exact) mass is 467 g/mol. The first-order valence-electron chi connectivity index (χ1n) is 10.9. The number of benzene rings is 3. The molecular weight excluding hydrogens is 442 g/mol. The molecule has 0 saturated heterocycles. The molecule has 0 spiro atoms. The molecule has 4 rings (SSSR count). The van der Waals surface area contributed by atoms with Crippen LogP contribution in [0, 0.1) is 20.8 Å². The second kappa shape index (κ2) is 10.4. The van der Waals surface area contributed by atoms with Crippen LogP contribution >= 0.6 is 11.8 Å². The highest BCUT2D eigenvalue weighted by atomic mass is 32.2. The highest BCUT2D eigenvalue weighted by Gasteiger charge is 2.17. The summed E-state index contributed by atoms with van der Waals surface area (Å²) in [7, 11) is 0. The van der Waals surface area contributed by atoms with Crippen LogP contribution in [0.15, 0.2) is 95.0 Å². The Morgan fingerprint density at radius 3 is 2.18 bits per heavy atom. The molecule has 2 N–H and O–H groups in total. The van der Waals surface area contributed by atoms with E-state index in [1.165, 1.54) is 17.3 Å². The third kappa shape index (κ3) is 5.35. The van der Waals surface area contributed by atoms with Gasteiger partial charge in [-0.05, 0) is 74.4 Å². The Kier molecular flexibility index (Phi) is 7.09. The van der Waals surface area contributed by atoms with Gasteiger partial charge in [-0.3, -0.25) is 9.59 Å². The van der Waals surface area contributed by atoms with Crippen LogP contribution in [0.5, 0.6) is 0 Å². The Morgan fingerprint density at radius 1 is 0.765 bits per heavy atom. The molecule has 0 atom stereocenters. The maximum absolute atomic E-state index is 13.2. The summed E-state index contributed by atoms with van der Waals surface area (Å²) in [5.74, 6) is -0.457. The molecule has 170 valence electrons. The lowest BCUT2D eigenvalue weighted by Crippen LogP contribution is -2.16. The van der Waals surface area contributed by atoms with Crippen molar-refractivity contribution < 1.29 is 9.59 Å². The largest absolute Gasteiger partial charge is 0.322 e. The van der Waals surface area contributed by atoms with Crippen molar-refractivity contribution in [2.45, 2.75) is 30.7 Å². The van der Waals surface area contributed by atoms with Crippen molar-refractivity contribution in [3.8, 4) is 0 Å². The first-order chi connectivity index (χ1) is 16.4. The summed E-state index contributed by atoms with van der Waals surface area (Å²) in [4.78, 5) is 31.3. The Labute approximate surface area is 203 Å². The SMILES string of the molecule is Cc1ccc(Sc2ncccc2C(=O)Nc2cccc(NC(=O)c3ccccc3)c2C)c(C)c1. The van der Waals surface area contributed by atoms with Crippen LogP contribution in [0.3, 0.4) is 0 Å². The Hall–Kier alpha value is -3.90. The van der Waals surface area contributed by atoms with Crippen molar-refractivity contribution in [2.24, 2.45) is 0 Å². The minimum atomic E-state index is -0.255. The summed E-state index contributed by atoms with van der Waals surface area (Å²) in [6.45, 7) is 5.97. The lowest BCUT2D eigenvalue weighted by atomic mass is 10.1. The molecule has 5 nitrogen and oxygen atoms in total. The van der Waals surface area contributed by atoms with Gasteiger partial charge in [0.2, 0.25) is 0 Å². The van der Waals surface area contributed by atoms with E-state index in [1.54, 1.807) is 36.5 Å². The van der Waals surface area contributed by atoms with E-state index in [9.17, 15) is 9.59 Å². The highest BCUT2D eigenvalue weighted by Crippen LogP contribution is 2.32. The molecule has 0 unspecified atom stereocenters. The van der Waals surface area contributed by atoms with Gasteiger partial charge in [0, 0.05) is 28.0 Å². The summed E-state index contributed by atoms with van der Waals surface area (Å²) in [5.41, 5.74) is 5.43. The van der Waals surface area contributed by atoms with Crippen LogP contribution in [0.2, 0.25) is 0 Å². The second-order valence-corrected chi connectivity index (χ2v) is 9.01. The summed E-state index contributed by atoms with van der Waals surface area (Å²) < 4.78 is 0. The van der Waals surface area contributed by atoms with Gasteiger partial charge in [-0.1, -0.05) is 53.7 Å². The summed E-state index contributed by atoms with van der Waals surface area (Å²) in [6, 6.07) is 24.2. The number of nitrogens with one attached hydrogen (secondary N) is 2. The van der Waals surface area contributed by atoms with Crippen LogP contribution < -0.4 is 10.6 Å². The van der Waals surface area contributed by atoms with E-state index >= 15 is 0 Å². The molecular formula is C28H25N3O2S. The molecule has 34 heavy (non-hydrogen) atoms. The molecule has 1 aromatic heterocycles. The number of nitrogens with zero attached hydrogens (tertiary/aromatic N) is 1. The zero-order valence-electron chi connectivity index (χ0n) is 19.3. The van der Waals surface area contributed by atoms with Crippen LogP contribution in [0.4, 0.5) is 11.4 Å². The number of rotatable bonds is 6. The van der Waals surface area contributed by atoms with Crippen LogP contribution in [0.1, 0.15) is 37.4 Å². The molecule has 3 aromatic carbocycles. The molecule has 2 amide bonds. The Bertz CT molecular complexity index is 1350. The molecule has 0 aliphatic heterocycles. The van der Waals surface area contributed by atoms with Crippen LogP contribution in [-0.4, -0.2) is 16.8 Å². The predicted octanol–water partition coefficient (Wildman–Crippen LogP) is 6.66. The number of amides is 2. The molecule has 0 aliphatic rings. The Balaban J connectivity index is 1.54. The molecule has 0 bridgehead atoms. The van der Waals surface area contributed by atoms with E-state index in [0.29, 0.717) is 27.5 Å². The van der Waals surface area contributed by atoms with E-state index in [0.717, 1.165) is 16.0 Å². The number of hydrogen-bond donors (Lipinski definition) is 2. The smallest absolute Gasteiger partial charge is 0.258 e. The fraction of sp³-hybridized carbons (Fsp3) is 0.107. The van der Waals surface area contributed by atoms with Gasteiger partial charge >= 0.3 is 0 Å². The number of aromatic nitrogens is 1. The molecule has 6 heteroatoms. The standard InChI is InChI=1S/C28H25N3O2S/c1-18-14-15-25(19(2)17-18)34-28-22(11-8-16-29-28)27(33)31-24-13-7-12-23(20(24)3)30-26(32)21-9-5-4-6-10-21/h4-17H,1-3H3,(H,30,32)(H,31,33). The van der Waals surface area contributed by atoms with Gasteiger partial charge in [0.15, 0.2) is 0 Å². The van der Waals surface area contributed by atoms with Crippen molar-refractivity contribution in [3.05, 3.63) is 113 Å². The number of aryl methyl sites for hydroxylation is 2. The molecule has 0 radical (unpaired) electrons. The number of pyridine rings is 1. The first kappa shape index (κ1) is 23.3. The normalized spacial score (nSPS) is 10.6. The van der Waals surface area contributed by atoms with E-state index in [2.05, 4.69) is 47.7 Å². The van der Waals surface area contributed by atoms with Gasteiger partial charge in [0.25, 0.3) is 11.8 Å². The summed E-state index contributed by atoms with van der Waals surface area (Å²) in [6.07, 6.45) is 1.69. The maximum Gasteiger partial charge on any atom is 0.258 e. The number of anilines is 2. The molecule has 0 aliphatic carbocycles. The van der Waals surface area contributed by atoms with Crippen molar-refractivity contribution in [3.63, 3.8) is 0 Å². The van der Waals surface area contributed by atoms with Crippen LogP contribution in [0.25, 0.3) is 0 Å². The van der Waals surface area contributed by atoms with Gasteiger partial charge in [-0.2, -0.15) is 0 Å². The van der Waals surface area contributed by atoms with Crippen molar-refractivity contribution >= 4 is 35.0 Å². The average Bonchev–Trinajstić information content (AvgIpc) is 2.84. The fourth-order valence-corrected chi connectivity index (χ4v) is 4.49. The third-order valence-corrected chi connectivity index (χ3v) is 6.62. The van der Waals surface area contributed by atoms with E-state index in [1.807, 2.05) is 37.3 Å². The minimum absolute atomic E-state index is 0.202. The summed E-state index contributed by atoms with van der Waals surface area (Å²) in [5, 5.41) is 6.55. The second-order valence-electron chi connectivity index (χ2n) is 7.98. The van der Waals surface area contributed by atoms with Crippen molar-refractivity contribution in [1.29, 1.82) is 0 Å². The molecule has 0 fully saturated rings. The molecule has 1 heterocycles. The van der Waals surface area contributed by atoms with E-state index < -0.39 is 0 Å². The van der Waals surface area contributed by atoms with Gasteiger partial charge in [0.05, 0.1) is 5.56 Å². The van der Waals surface area contributed by atoms with E-state index in [4.69, 9.17) is 0 Å². The van der Waals surface area contributed by atoms with Crippen molar-refractivity contribution in [1.82, 2.24) is 4.98 Å². The molecule has 0 saturated carbocycles. The van der Waals surface area contributed by atoms with Crippen molar-refractivity contribution in [2.75, 3.05) is 10.6 Å². The Morgan fingerprint density at radius 2 is 1.47 bits per heavy atom. The van der Waals surface area contributed by atoms with Gasteiger partial charge < -0.3 is 10.6 Å². The zero-order valence-corrected chi connectivity index (χ0v) is 20.1. The number of hydrogen-bond acceptors (Lipinski definition) is 4. The fourth-order valence-electron chi connectivity index (χ4n) is 3.54. The highest BCUT2D eigenvalue weighted by molar-refractivity contribution is 7.99. The topological polar surface area (TPSA) is 71.1 Å². The maximum atomic E-state index is 13.2.